The van der Waals surface area contributed by atoms with Crippen LogP contribution in [0.15, 0.2) is 6.07 Å². The Balaban J connectivity index is 1.80. The zero-order valence-corrected chi connectivity index (χ0v) is 13.4. The minimum atomic E-state index is 0.129. The van der Waals surface area contributed by atoms with Gasteiger partial charge in [-0.1, -0.05) is 25.7 Å². The molecule has 1 N–H and O–H groups in total. The molecule has 0 saturated heterocycles. The predicted octanol–water partition coefficient (Wildman–Crippen LogP) is 2.44. The number of aromatic nitrogens is 2. The van der Waals surface area contributed by atoms with Crippen LogP contribution in [0.3, 0.4) is 0 Å². The fourth-order valence-electron chi connectivity index (χ4n) is 2.82. The Labute approximate surface area is 127 Å². The van der Waals surface area contributed by atoms with E-state index in [1.165, 1.54) is 25.7 Å². The van der Waals surface area contributed by atoms with E-state index in [2.05, 4.69) is 15.3 Å². The van der Waals surface area contributed by atoms with E-state index in [1.807, 2.05) is 32.0 Å². The normalized spacial score (nSPS) is 15.2. The molecule has 5 nitrogen and oxygen atoms in total. The molecule has 0 unspecified atom stereocenters. The van der Waals surface area contributed by atoms with Crippen LogP contribution in [0.4, 0.5) is 5.95 Å². The van der Waals surface area contributed by atoms with Crippen molar-refractivity contribution < 1.29 is 4.79 Å². The first-order valence-corrected chi connectivity index (χ1v) is 7.83. The van der Waals surface area contributed by atoms with Crippen LogP contribution < -0.4 is 10.2 Å². The average molecular weight is 290 g/mol. The van der Waals surface area contributed by atoms with Crippen LogP contribution in [0.5, 0.6) is 0 Å². The Hall–Kier alpha value is -1.65. The number of hydrogen-bond acceptors (Lipinski definition) is 4. The number of anilines is 1. The summed E-state index contributed by atoms with van der Waals surface area (Å²) in [4.78, 5) is 22.6. The van der Waals surface area contributed by atoms with E-state index in [1.54, 1.807) is 0 Å². The van der Waals surface area contributed by atoms with E-state index in [-0.39, 0.29) is 5.91 Å². The molecule has 1 aliphatic rings. The molecule has 0 bridgehead atoms. The lowest BCUT2D eigenvalue weighted by molar-refractivity contribution is -0.121. The summed E-state index contributed by atoms with van der Waals surface area (Å²) in [5.41, 5.74) is 1.78. The third-order valence-electron chi connectivity index (χ3n) is 4.02. The van der Waals surface area contributed by atoms with Gasteiger partial charge in [0.05, 0.1) is 12.2 Å². The standard InChI is InChI=1S/C16H26N4O/c1-12-10-14(19-16(18-12)20(2)3)11-17-15(21)9-8-13-6-4-5-7-13/h10,13H,4-9,11H2,1-3H3,(H,17,21). The summed E-state index contributed by atoms with van der Waals surface area (Å²) < 4.78 is 0. The van der Waals surface area contributed by atoms with Gasteiger partial charge in [-0.05, 0) is 25.3 Å². The average Bonchev–Trinajstić information content (AvgIpc) is 2.95. The Morgan fingerprint density at radius 2 is 2.05 bits per heavy atom. The van der Waals surface area contributed by atoms with Crippen molar-refractivity contribution in [3.63, 3.8) is 0 Å². The fraction of sp³-hybridized carbons (Fsp3) is 0.688. The van der Waals surface area contributed by atoms with Crippen LogP contribution in [0.2, 0.25) is 0 Å². The van der Waals surface area contributed by atoms with Crippen LogP contribution in [-0.2, 0) is 11.3 Å². The van der Waals surface area contributed by atoms with Gasteiger partial charge in [0.25, 0.3) is 0 Å². The summed E-state index contributed by atoms with van der Waals surface area (Å²) in [6.45, 7) is 2.42. The van der Waals surface area contributed by atoms with Crippen molar-refractivity contribution in [3.8, 4) is 0 Å². The molecule has 1 aliphatic carbocycles. The molecule has 2 rings (SSSR count). The summed E-state index contributed by atoms with van der Waals surface area (Å²) in [6, 6.07) is 1.92. The highest BCUT2D eigenvalue weighted by Gasteiger charge is 2.16. The van der Waals surface area contributed by atoms with Gasteiger partial charge in [-0.2, -0.15) is 0 Å². The van der Waals surface area contributed by atoms with Crippen LogP contribution >= 0.6 is 0 Å². The van der Waals surface area contributed by atoms with Gasteiger partial charge in [-0.3, -0.25) is 4.79 Å². The number of aryl methyl sites for hydroxylation is 1. The smallest absolute Gasteiger partial charge is 0.225 e. The highest BCUT2D eigenvalue weighted by atomic mass is 16.1. The molecule has 1 aromatic heterocycles. The highest BCUT2D eigenvalue weighted by Crippen LogP contribution is 2.28. The first-order valence-electron chi connectivity index (χ1n) is 7.83. The van der Waals surface area contributed by atoms with Crippen molar-refractivity contribution in [2.75, 3.05) is 19.0 Å². The summed E-state index contributed by atoms with van der Waals surface area (Å²) in [6.07, 6.45) is 6.92. The minimum absolute atomic E-state index is 0.129. The van der Waals surface area contributed by atoms with Crippen LogP contribution in [0.25, 0.3) is 0 Å². The Morgan fingerprint density at radius 1 is 1.33 bits per heavy atom. The van der Waals surface area contributed by atoms with Crippen LogP contribution in [-0.4, -0.2) is 30.0 Å². The zero-order valence-electron chi connectivity index (χ0n) is 13.4. The fourth-order valence-corrected chi connectivity index (χ4v) is 2.82. The summed E-state index contributed by atoms with van der Waals surface area (Å²) in [5, 5.41) is 2.97. The molecular formula is C16H26N4O. The Bertz CT molecular complexity index is 481. The molecule has 0 aromatic carbocycles. The molecule has 1 aromatic rings. The molecular weight excluding hydrogens is 264 g/mol. The maximum atomic E-state index is 11.9. The molecule has 0 atom stereocenters. The number of hydrogen-bond donors (Lipinski definition) is 1. The molecule has 0 aliphatic heterocycles. The topological polar surface area (TPSA) is 58.1 Å². The van der Waals surface area contributed by atoms with Crippen molar-refractivity contribution in [1.82, 2.24) is 15.3 Å². The van der Waals surface area contributed by atoms with E-state index in [4.69, 9.17) is 0 Å². The molecule has 5 heteroatoms. The molecule has 116 valence electrons. The number of nitrogens with one attached hydrogen (secondary N) is 1. The van der Waals surface area contributed by atoms with Crippen molar-refractivity contribution in [2.24, 2.45) is 5.92 Å². The molecule has 1 amide bonds. The summed E-state index contributed by atoms with van der Waals surface area (Å²) in [5.74, 6) is 1.58. The van der Waals surface area contributed by atoms with Gasteiger partial charge in [-0.15, -0.1) is 0 Å². The lowest BCUT2D eigenvalue weighted by atomic mass is 10.0. The van der Waals surface area contributed by atoms with E-state index in [9.17, 15) is 4.79 Å². The second-order valence-electron chi connectivity index (χ2n) is 6.16. The Kier molecular flexibility index (Phi) is 5.53. The van der Waals surface area contributed by atoms with Gasteiger partial charge in [0, 0.05) is 26.2 Å². The van der Waals surface area contributed by atoms with Gasteiger partial charge in [0.2, 0.25) is 11.9 Å². The van der Waals surface area contributed by atoms with E-state index in [0.717, 1.165) is 23.7 Å². The van der Waals surface area contributed by atoms with E-state index >= 15 is 0 Å². The van der Waals surface area contributed by atoms with Crippen molar-refractivity contribution in [2.45, 2.75) is 52.0 Å². The SMILES string of the molecule is Cc1cc(CNC(=O)CCC2CCCC2)nc(N(C)C)n1. The van der Waals surface area contributed by atoms with Crippen LogP contribution in [0, 0.1) is 12.8 Å². The number of amides is 1. The summed E-state index contributed by atoms with van der Waals surface area (Å²) >= 11 is 0. The maximum absolute atomic E-state index is 11.9. The van der Waals surface area contributed by atoms with E-state index in [0.29, 0.717) is 18.9 Å². The molecule has 1 saturated carbocycles. The lowest BCUT2D eigenvalue weighted by Crippen LogP contribution is -2.24. The molecule has 0 radical (unpaired) electrons. The quantitative estimate of drug-likeness (QED) is 0.874. The second-order valence-corrected chi connectivity index (χ2v) is 6.16. The largest absolute Gasteiger partial charge is 0.350 e. The third kappa shape index (κ3) is 4.99. The Morgan fingerprint density at radius 3 is 2.71 bits per heavy atom. The van der Waals surface area contributed by atoms with Crippen molar-refractivity contribution >= 4 is 11.9 Å². The van der Waals surface area contributed by atoms with Crippen molar-refractivity contribution in [1.29, 1.82) is 0 Å². The van der Waals surface area contributed by atoms with Gasteiger partial charge < -0.3 is 10.2 Å². The first kappa shape index (κ1) is 15.7. The summed E-state index contributed by atoms with van der Waals surface area (Å²) in [7, 11) is 3.83. The number of nitrogens with zero attached hydrogens (tertiary/aromatic N) is 3. The molecule has 1 heterocycles. The zero-order chi connectivity index (χ0) is 15.2. The van der Waals surface area contributed by atoms with Gasteiger partial charge in [0.1, 0.15) is 0 Å². The molecule has 1 fully saturated rings. The maximum Gasteiger partial charge on any atom is 0.225 e. The van der Waals surface area contributed by atoms with E-state index < -0.39 is 0 Å². The van der Waals surface area contributed by atoms with Gasteiger partial charge in [0.15, 0.2) is 0 Å². The number of rotatable bonds is 6. The second kappa shape index (κ2) is 7.38. The van der Waals surface area contributed by atoms with Gasteiger partial charge >= 0.3 is 0 Å². The number of carbonyl (C=O) groups is 1. The monoisotopic (exact) mass is 290 g/mol. The molecule has 0 spiro atoms. The minimum Gasteiger partial charge on any atom is -0.350 e. The highest BCUT2D eigenvalue weighted by molar-refractivity contribution is 5.75. The third-order valence-corrected chi connectivity index (χ3v) is 4.02. The predicted molar refractivity (Wildman–Crippen MR) is 84.1 cm³/mol. The van der Waals surface area contributed by atoms with Crippen molar-refractivity contribution in [3.05, 3.63) is 17.5 Å². The first-order chi connectivity index (χ1) is 10.0. The lowest BCUT2D eigenvalue weighted by Gasteiger charge is -2.13. The molecule has 21 heavy (non-hydrogen) atoms. The van der Waals surface area contributed by atoms with Crippen LogP contribution in [0.1, 0.15) is 49.9 Å². The van der Waals surface area contributed by atoms with Gasteiger partial charge in [-0.25, -0.2) is 9.97 Å². The number of carbonyl (C=O) groups excluding carboxylic acids is 1.